The lowest BCUT2D eigenvalue weighted by molar-refractivity contribution is 0.0698. The van der Waals surface area contributed by atoms with Crippen LogP contribution in [0, 0.1) is 13.8 Å². The highest BCUT2D eigenvalue weighted by Gasteiger charge is 2.11. The summed E-state index contributed by atoms with van der Waals surface area (Å²) < 4.78 is 0. The zero-order valence-electron chi connectivity index (χ0n) is 12.0. The Labute approximate surface area is 119 Å². The molecule has 3 heteroatoms. The molecule has 0 atom stereocenters. The molecule has 0 unspecified atom stereocenters. The monoisotopic (exact) mass is 269 g/mol. The van der Waals surface area contributed by atoms with Gasteiger partial charge in [0.15, 0.2) is 0 Å². The van der Waals surface area contributed by atoms with Crippen LogP contribution in [-0.4, -0.2) is 11.1 Å². The van der Waals surface area contributed by atoms with E-state index in [1.54, 1.807) is 6.07 Å². The lowest BCUT2D eigenvalue weighted by Gasteiger charge is -2.14. The molecule has 0 spiro atoms. The number of rotatable bonds is 4. The molecule has 0 bridgehead atoms. The van der Waals surface area contributed by atoms with E-state index in [0.717, 1.165) is 23.2 Å². The number of aryl methyl sites for hydroxylation is 2. The Morgan fingerprint density at radius 1 is 1.15 bits per heavy atom. The summed E-state index contributed by atoms with van der Waals surface area (Å²) >= 11 is 0. The van der Waals surface area contributed by atoms with Crippen LogP contribution in [0.4, 0.5) is 11.4 Å². The van der Waals surface area contributed by atoms with Crippen molar-refractivity contribution in [1.82, 2.24) is 0 Å². The van der Waals surface area contributed by atoms with Crippen molar-refractivity contribution in [3.05, 3.63) is 58.7 Å². The molecular formula is C17H19NO2. The van der Waals surface area contributed by atoms with Gasteiger partial charge in [-0.25, -0.2) is 4.79 Å². The molecule has 0 fully saturated rings. The summed E-state index contributed by atoms with van der Waals surface area (Å²) in [6.07, 6.45) is 0.876. The fourth-order valence-electron chi connectivity index (χ4n) is 2.13. The van der Waals surface area contributed by atoms with E-state index in [9.17, 15) is 9.90 Å². The van der Waals surface area contributed by atoms with Crippen molar-refractivity contribution in [3.8, 4) is 0 Å². The second-order valence-electron chi connectivity index (χ2n) is 4.91. The predicted molar refractivity (Wildman–Crippen MR) is 82.0 cm³/mol. The Bertz CT molecular complexity index is 647. The zero-order valence-corrected chi connectivity index (χ0v) is 12.0. The van der Waals surface area contributed by atoms with Crippen LogP contribution in [0.3, 0.4) is 0 Å². The van der Waals surface area contributed by atoms with Crippen LogP contribution in [0.25, 0.3) is 0 Å². The molecule has 0 aliphatic rings. The molecule has 0 heterocycles. The van der Waals surface area contributed by atoms with Gasteiger partial charge in [0.25, 0.3) is 0 Å². The number of anilines is 2. The van der Waals surface area contributed by atoms with Gasteiger partial charge in [0.05, 0.1) is 11.3 Å². The Hall–Kier alpha value is -2.29. The first-order valence-corrected chi connectivity index (χ1v) is 6.72. The van der Waals surface area contributed by atoms with E-state index in [1.807, 2.05) is 44.2 Å². The maximum absolute atomic E-state index is 11.3. The summed E-state index contributed by atoms with van der Waals surface area (Å²) in [7, 11) is 0. The first-order chi connectivity index (χ1) is 9.52. The average Bonchev–Trinajstić information content (AvgIpc) is 2.43. The molecular weight excluding hydrogens is 250 g/mol. The SMILES string of the molecule is CCc1ccc(C(=O)O)c(Nc2cccc(C)c2C)c1. The van der Waals surface area contributed by atoms with Crippen molar-refractivity contribution in [3.63, 3.8) is 0 Å². The molecule has 0 radical (unpaired) electrons. The summed E-state index contributed by atoms with van der Waals surface area (Å²) in [5.41, 5.74) is 5.31. The van der Waals surface area contributed by atoms with Gasteiger partial charge in [-0.2, -0.15) is 0 Å². The number of benzene rings is 2. The van der Waals surface area contributed by atoms with Gasteiger partial charge in [-0.1, -0.05) is 25.1 Å². The highest BCUT2D eigenvalue weighted by molar-refractivity contribution is 5.95. The minimum Gasteiger partial charge on any atom is -0.478 e. The lowest BCUT2D eigenvalue weighted by atomic mass is 10.0. The fourth-order valence-corrected chi connectivity index (χ4v) is 2.13. The van der Waals surface area contributed by atoms with Crippen LogP contribution in [0.1, 0.15) is 34.0 Å². The number of carboxylic acid groups (broad SMARTS) is 1. The van der Waals surface area contributed by atoms with Crippen LogP contribution in [0.2, 0.25) is 0 Å². The number of carboxylic acids is 1. The van der Waals surface area contributed by atoms with Crippen LogP contribution in [-0.2, 0) is 6.42 Å². The Morgan fingerprint density at radius 3 is 2.55 bits per heavy atom. The van der Waals surface area contributed by atoms with Crippen molar-refractivity contribution in [2.24, 2.45) is 0 Å². The number of hydrogen-bond acceptors (Lipinski definition) is 2. The third-order valence-corrected chi connectivity index (χ3v) is 3.60. The number of hydrogen-bond donors (Lipinski definition) is 2. The fraction of sp³-hybridized carbons (Fsp3) is 0.235. The van der Waals surface area contributed by atoms with Gasteiger partial charge in [-0.3, -0.25) is 0 Å². The third kappa shape index (κ3) is 2.82. The van der Waals surface area contributed by atoms with Gasteiger partial charge in [0, 0.05) is 5.69 Å². The molecule has 0 saturated carbocycles. The van der Waals surface area contributed by atoms with Gasteiger partial charge < -0.3 is 10.4 Å². The van der Waals surface area contributed by atoms with Gasteiger partial charge in [0.1, 0.15) is 0 Å². The van der Waals surface area contributed by atoms with E-state index in [-0.39, 0.29) is 0 Å². The van der Waals surface area contributed by atoms with Gasteiger partial charge in [0.2, 0.25) is 0 Å². The molecule has 104 valence electrons. The minimum atomic E-state index is -0.916. The van der Waals surface area contributed by atoms with E-state index in [2.05, 4.69) is 12.2 Å². The lowest BCUT2D eigenvalue weighted by Crippen LogP contribution is -2.04. The molecule has 2 aromatic rings. The van der Waals surface area contributed by atoms with Crippen LogP contribution in [0.5, 0.6) is 0 Å². The first kappa shape index (κ1) is 14.1. The van der Waals surface area contributed by atoms with Gasteiger partial charge >= 0.3 is 5.97 Å². The maximum atomic E-state index is 11.3. The highest BCUT2D eigenvalue weighted by atomic mass is 16.4. The molecule has 2 rings (SSSR count). The summed E-state index contributed by atoms with van der Waals surface area (Å²) in [6, 6.07) is 11.4. The molecule has 0 aliphatic heterocycles. The summed E-state index contributed by atoms with van der Waals surface area (Å²) in [4.78, 5) is 11.3. The molecule has 0 aliphatic carbocycles. The molecule has 2 aromatic carbocycles. The average molecular weight is 269 g/mol. The molecule has 3 nitrogen and oxygen atoms in total. The number of nitrogens with one attached hydrogen (secondary N) is 1. The van der Waals surface area contributed by atoms with Crippen molar-refractivity contribution in [2.45, 2.75) is 27.2 Å². The normalized spacial score (nSPS) is 10.3. The standard InChI is InChI=1S/C17H19NO2/c1-4-13-8-9-14(17(19)20)16(10-13)18-15-7-5-6-11(2)12(15)3/h5-10,18H,4H2,1-3H3,(H,19,20). The minimum absolute atomic E-state index is 0.295. The second kappa shape index (κ2) is 5.78. The van der Waals surface area contributed by atoms with Crippen LogP contribution in [0.15, 0.2) is 36.4 Å². The smallest absolute Gasteiger partial charge is 0.337 e. The second-order valence-corrected chi connectivity index (χ2v) is 4.91. The van der Waals surface area contributed by atoms with E-state index in [1.165, 1.54) is 5.56 Å². The highest BCUT2D eigenvalue weighted by Crippen LogP contribution is 2.26. The van der Waals surface area contributed by atoms with Crippen molar-refractivity contribution in [1.29, 1.82) is 0 Å². The van der Waals surface area contributed by atoms with Gasteiger partial charge in [-0.15, -0.1) is 0 Å². The first-order valence-electron chi connectivity index (χ1n) is 6.72. The van der Waals surface area contributed by atoms with Gasteiger partial charge in [-0.05, 0) is 55.2 Å². The van der Waals surface area contributed by atoms with E-state index < -0.39 is 5.97 Å². The maximum Gasteiger partial charge on any atom is 0.337 e. The van der Waals surface area contributed by atoms with Crippen LogP contribution >= 0.6 is 0 Å². The molecule has 0 saturated heterocycles. The predicted octanol–water partition coefficient (Wildman–Crippen LogP) is 4.31. The van der Waals surface area contributed by atoms with E-state index >= 15 is 0 Å². The van der Waals surface area contributed by atoms with Crippen molar-refractivity contribution >= 4 is 17.3 Å². The Kier molecular flexibility index (Phi) is 4.08. The van der Waals surface area contributed by atoms with E-state index in [4.69, 9.17) is 0 Å². The topological polar surface area (TPSA) is 49.3 Å². The van der Waals surface area contributed by atoms with E-state index in [0.29, 0.717) is 11.3 Å². The number of carbonyl (C=O) groups is 1. The largest absolute Gasteiger partial charge is 0.478 e. The molecule has 20 heavy (non-hydrogen) atoms. The third-order valence-electron chi connectivity index (χ3n) is 3.60. The number of aromatic carboxylic acids is 1. The summed E-state index contributed by atoms with van der Waals surface area (Å²) in [5, 5.41) is 12.5. The van der Waals surface area contributed by atoms with Crippen molar-refractivity contribution < 1.29 is 9.90 Å². The summed E-state index contributed by atoms with van der Waals surface area (Å²) in [5.74, 6) is -0.916. The Morgan fingerprint density at radius 2 is 1.90 bits per heavy atom. The quantitative estimate of drug-likeness (QED) is 0.869. The molecule has 0 aromatic heterocycles. The molecule has 2 N–H and O–H groups in total. The summed E-state index contributed by atoms with van der Waals surface area (Å²) in [6.45, 7) is 6.13. The zero-order chi connectivity index (χ0) is 14.7. The Balaban J connectivity index is 2.46. The molecule has 0 amide bonds. The van der Waals surface area contributed by atoms with Crippen molar-refractivity contribution in [2.75, 3.05) is 5.32 Å². The van der Waals surface area contributed by atoms with Crippen LogP contribution < -0.4 is 5.32 Å².